The number of carbonyl (C=O) groups is 5. The molecule has 0 aliphatic heterocycles. The molecule has 4 unspecified atom stereocenters. The van der Waals surface area contributed by atoms with Gasteiger partial charge in [0.1, 0.15) is 18.1 Å². The van der Waals surface area contributed by atoms with Crippen LogP contribution in [0, 0.1) is 5.92 Å². The van der Waals surface area contributed by atoms with Gasteiger partial charge < -0.3 is 37.6 Å². The van der Waals surface area contributed by atoms with Crippen LogP contribution in [0.25, 0.3) is 0 Å². The number of nitrogens with two attached hydrogens (primary N) is 2. The van der Waals surface area contributed by atoms with Crippen LogP contribution in [0.15, 0.2) is 0 Å². The fraction of sp³-hybridized carbons (Fsp3) is 0.737. The first-order valence-corrected chi connectivity index (χ1v) is 10.2. The van der Waals surface area contributed by atoms with Crippen molar-refractivity contribution in [3.8, 4) is 0 Å². The molecule has 0 bridgehead atoms. The molecule has 0 aliphatic carbocycles. The SMILES string of the molecule is CC(C)CC(N)C(=O)NC(CCCCN)C(=O)NC(C)C(=O)NC(CC(=O)O)C(=O)O. The summed E-state index contributed by atoms with van der Waals surface area (Å²) in [7, 11) is 0. The quantitative estimate of drug-likeness (QED) is 0.146. The summed E-state index contributed by atoms with van der Waals surface area (Å²) in [5.41, 5.74) is 11.3. The average Bonchev–Trinajstić information content (AvgIpc) is 2.65. The van der Waals surface area contributed by atoms with Crippen LogP contribution in [0.5, 0.6) is 0 Å². The highest BCUT2D eigenvalue weighted by Gasteiger charge is 2.29. The number of carboxylic acid groups (broad SMARTS) is 2. The lowest BCUT2D eigenvalue weighted by atomic mass is 10.0. The van der Waals surface area contributed by atoms with Crippen molar-refractivity contribution < 1.29 is 34.2 Å². The Hall–Kier alpha value is -2.73. The Morgan fingerprint density at radius 2 is 1.42 bits per heavy atom. The molecule has 0 saturated carbocycles. The summed E-state index contributed by atoms with van der Waals surface area (Å²) in [6.45, 7) is 5.55. The maximum absolute atomic E-state index is 12.6. The minimum Gasteiger partial charge on any atom is -0.481 e. The van der Waals surface area contributed by atoms with Gasteiger partial charge in [0.2, 0.25) is 17.7 Å². The second-order valence-corrected chi connectivity index (χ2v) is 7.81. The predicted octanol–water partition coefficient (Wildman–Crippen LogP) is -1.48. The number of carbonyl (C=O) groups excluding carboxylic acids is 3. The first-order chi connectivity index (χ1) is 14.4. The second kappa shape index (κ2) is 14.3. The lowest BCUT2D eigenvalue weighted by molar-refractivity contribution is -0.147. The van der Waals surface area contributed by atoms with Gasteiger partial charge in [0.05, 0.1) is 12.5 Å². The summed E-state index contributed by atoms with van der Waals surface area (Å²) in [5, 5.41) is 24.8. The number of carboxylic acids is 2. The van der Waals surface area contributed by atoms with Crippen molar-refractivity contribution in [2.24, 2.45) is 17.4 Å². The van der Waals surface area contributed by atoms with E-state index in [9.17, 15) is 24.0 Å². The number of rotatable bonds is 15. The van der Waals surface area contributed by atoms with Crippen molar-refractivity contribution in [3.63, 3.8) is 0 Å². The Bertz CT molecular complexity index is 641. The highest BCUT2D eigenvalue weighted by Crippen LogP contribution is 2.06. The van der Waals surface area contributed by atoms with E-state index in [2.05, 4.69) is 16.0 Å². The number of aliphatic carboxylic acids is 2. The van der Waals surface area contributed by atoms with Crippen LogP contribution in [0.3, 0.4) is 0 Å². The molecular weight excluding hydrogens is 410 g/mol. The summed E-state index contributed by atoms with van der Waals surface area (Å²) >= 11 is 0. The van der Waals surface area contributed by atoms with Crippen molar-refractivity contribution in [2.75, 3.05) is 6.54 Å². The van der Waals surface area contributed by atoms with Gasteiger partial charge in [0, 0.05) is 0 Å². The Labute approximate surface area is 181 Å². The fourth-order valence-corrected chi connectivity index (χ4v) is 2.71. The molecule has 12 heteroatoms. The Morgan fingerprint density at radius 1 is 0.839 bits per heavy atom. The molecule has 3 amide bonds. The minimum atomic E-state index is -1.64. The molecule has 178 valence electrons. The van der Waals surface area contributed by atoms with E-state index in [0.29, 0.717) is 25.8 Å². The van der Waals surface area contributed by atoms with Gasteiger partial charge in [0.15, 0.2) is 0 Å². The van der Waals surface area contributed by atoms with Gasteiger partial charge in [0.25, 0.3) is 0 Å². The number of hydrogen-bond acceptors (Lipinski definition) is 7. The van der Waals surface area contributed by atoms with Crippen LogP contribution in [0.4, 0.5) is 0 Å². The van der Waals surface area contributed by atoms with Gasteiger partial charge in [-0.15, -0.1) is 0 Å². The number of nitrogens with one attached hydrogen (secondary N) is 3. The molecule has 12 nitrogen and oxygen atoms in total. The Balaban J connectivity index is 5.08. The van der Waals surface area contributed by atoms with Crippen molar-refractivity contribution in [1.82, 2.24) is 16.0 Å². The maximum atomic E-state index is 12.6. The summed E-state index contributed by atoms with van der Waals surface area (Å²) in [4.78, 5) is 59.0. The smallest absolute Gasteiger partial charge is 0.326 e. The van der Waals surface area contributed by atoms with Gasteiger partial charge in [-0.1, -0.05) is 13.8 Å². The highest BCUT2D eigenvalue weighted by molar-refractivity contribution is 5.94. The van der Waals surface area contributed by atoms with E-state index in [1.54, 1.807) is 0 Å². The van der Waals surface area contributed by atoms with E-state index in [-0.39, 0.29) is 12.3 Å². The first kappa shape index (κ1) is 28.3. The zero-order valence-corrected chi connectivity index (χ0v) is 18.2. The van der Waals surface area contributed by atoms with Crippen LogP contribution >= 0.6 is 0 Å². The zero-order chi connectivity index (χ0) is 24.1. The van der Waals surface area contributed by atoms with E-state index >= 15 is 0 Å². The van der Waals surface area contributed by atoms with Crippen molar-refractivity contribution in [3.05, 3.63) is 0 Å². The summed E-state index contributed by atoms with van der Waals surface area (Å²) in [6.07, 6.45) is 1.07. The van der Waals surface area contributed by atoms with Gasteiger partial charge in [-0.3, -0.25) is 19.2 Å². The van der Waals surface area contributed by atoms with Gasteiger partial charge in [-0.2, -0.15) is 0 Å². The molecule has 0 radical (unpaired) electrons. The standard InChI is InChI=1S/C19H35N5O7/c1-10(2)8-12(21)17(28)23-13(6-4-5-7-20)18(29)22-11(3)16(27)24-14(19(30)31)9-15(25)26/h10-14H,4-9,20-21H2,1-3H3,(H,22,29)(H,23,28)(H,24,27)(H,25,26)(H,30,31). The van der Waals surface area contributed by atoms with Crippen LogP contribution in [-0.2, 0) is 24.0 Å². The molecule has 0 saturated heterocycles. The van der Waals surface area contributed by atoms with Crippen molar-refractivity contribution in [1.29, 1.82) is 0 Å². The number of unbranched alkanes of at least 4 members (excludes halogenated alkanes) is 1. The van der Waals surface area contributed by atoms with Gasteiger partial charge >= 0.3 is 11.9 Å². The molecule has 31 heavy (non-hydrogen) atoms. The van der Waals surface area contributed by atoms with Gasteiger partial charge in [-0.05, 0) is 45.1 Å². The van der Waals surface area contributed by atoms with Crippen molar-refractivity contribution >= 4 is 29.7 Å². The zero-order valence-electron chi connectivity index (χ0n) is 18.2. The molecule has 9 N–H and O–H groups in total. The normalized spacial score (nSPS) is 14.8. The summed E-state index contributed by atoms with van der Waals surface area (Å²) in [5.74, 6) is -4.74. The summed E-state index contributed by atoms with van der Waals surface area (Å²) < 4.78 is 0. The third-order valence-corrected chi connectivity index (χ3v) is 4.39. The largest absolute Gasteiger partial charge is 0.481 e. The van der Waals surface area contributed by atoms with E-state index in [1.165, 1.54) is 6.92 Å². The van der Waals surface area contributed by atoms with Crippen LogP contribution < -0.4 is 27.4 Å². The fourth-order valence-electron chi connectivity index (χ4n) is 2.71. The first-order valence-electron chi connectivity index (χ1n) is 10.2. The highest BCUT2D eigenvalue weighted by atomic mass is 16.4. The van der Waals surface area contributed by atoms with Crippen LogP contribution in [0.1, 0.15) is 52.9 Å². The average molecular weight is 446 g/mol. The van der Waals surface area contributed by atoms with E-state index in [0.717, 1.165) is 0 Å². The molecule has 0 aromatic carbocycles. The minimum absolute atomic E-state index is 0.182. The molecule has 0 aromatic rings. The third-order valence-electron chi connectivity index (χ3n) is 4.39. The molecule has 0 spiro atoms. The molecule has 0 rings (SSSR count). The molecule has 0 aliphatic rings. The lowest BCUT2D eigenvalue weighted by Crippen LogP contribution is -2.56. The second-order valence-electron chi connectivity index (χ2n) is 7.81. The predicted molar refractivity (Wildman–Crippen MR) is 112 cm³/mol. The Kier molecular flexibility index (Phi) is 13.0. The third kappa shape index (κ3) is 11.9. The number of hydrogen-bond donors (Lipinski definition) is 7. The Morgan fingerprint density at radius 3 is 1.90 bits per heavy atom. The van der Waals surface area contributed by atoms with Gasteiger partial charge in [-0.25, -0.2) is 4.79 Å². The monoisotopic (exact) mass is 445 g/mol. The van der Waals surface area contributed by atoms with Crippen molar-refractivity contribution in [2.45, 2.75) is 77.0 Å². The molecule has 4 atom stereocenters. The van der Waals surface area contributed by atoms with E-state index < -0.39 is 60.2 Å². The summed E-state index contributed by atoms with van der Waals surface area (Å²) in [6, 6.07) is -4.56. The molecule has 0 fully saturated rings. The topological polar surface area (TPSA) is 214 Å². The number of amides is 3. The maximum Gasteiger partial charge on any atom is 0.326 e. The van der Waals surface area contributed by atoms with E-state index in [1.807, 2.05) is 13.8 Å². The lowest BCUT2D eigenvalue weighted by Gasteiger charge is -2.23. The molecule has 0 aromatic heterocycles. The van der Waals surface area contributed by atoms with E-state index in [4.69, 9.17) is 21.7 Å². The van der Waals surface area contributed by atoms with Crippen LogP contribution in [0.2, 0.25) is 0 Å². The molecule has 0 heterocycles. The van der Waals surface area contributed by atoms with Crippen LogP contribution in [-0.4, -0.2) is 70.6 Å². The molecular formula is C19H35N5O7.